The number of amidine groups is 1. The lowest BCUT2D eigenvalue weighted by atomic mass is 10.1. The highest BCUT2D eigenvalue weighted by atomic mass is 32.2. The first-order chi connectivity index (χ1) is 10.3. The van der Waals surface area contributed by atoms with Gasteiger partial charge in [0.2, 0.25) is 0 Å². The van der Waals surface area contributed by atoms with E-state index >= 15 is 0 Å². The van der Waals surface area contributed by atoms with Gasteiger partial charge in [-0.2, -0.15) is 0 Å². The van der Waals surface area contributed by atoms with Gasteiger partial charge in [-0.05, 0) is 41.6 Å². The largest absolute Gasteiger partial charge is 0.317 e. The molecule has 5 heteroatoms. The van der Waals surface area contributed by atoms with Crippen LogP contribution >= 0.6 is 34.9 Å². The lowest BCUT2D eigenvalue weighted by Gasteiger charge is -2.18. The monoisotopic (exact) mass is 330 g/mol. The smallest absolute Gasteiger partial charge is 0.168 e. The molecule has 0 atom stereocenters. The Labute approximate surface area is 136 Å². The maximum Gasteiger partial charge on any atom is 0.168 e. The molecule has 2 aliphatic rings. The molecule has 1 aromatic heterocycles. The number of nitrogens with zero attached hydrogens (tertiary/aromatic N) is 2. The van der Waals surface area contributed by atoms with Crippen LogP contribution in [0.2, 0.25) is 0 Å². The summed E-state index contributed by atoms with van der Waals surface area (Å²) in [4.78, 5) is 9.47. The number of rotatable bonds is 3. The molecule has 3 heterocycles. The summed E-state index contributed by atoms with van der Waals surface area (Å²) in [6.07, 6.45) is 4.10. The van der Waals surface area contributed by atoms with E-state index in [1.54, 1.807) is 34.9 Å². The SMILES string of the molecule is C=CC1=C(c2cc(SC)cc3sccc23)N2CCN=C2S1. The second-order valence-electron chi connectivity index (χ2n) is 4.84. The standard InChI is InChI=1S/C16H14N2S3/c1-3-13-15(18-6-5-17-16(18)21-13)12-8-10(19-2)9-14-11(12)4-7-20-14/h3-4,7-9H,1,5-6H2,2H3. The Morgan fingerprint density at radius 2 is 2.33 bits per heavy atom. The minimum absolute atomic E-state index is 0.894. The molecule has 2 aliphatic heterocycles. The zero-order valence-electron chi connectivity index (χ0n) is 11.6. The minimum atomic E-state index is 0.894. The van der Waals surface area contributed by atoms with Gasteiger partial charge in [0.1, 0.15) is 0 Å². The molecule has 0 radical (unpaired) electrons. The van der Waals surface area contributed by atoms with E-state index in [1.807, 2.05) is 6.08 Å². The average molecular weight is 331 g/mol. The van der Waals surface area contributed by atoms with Crippen molar-refractivity contribution in [1.82, 2.24) is 4.90 Å². The van der Waals surface area contributed by atoms with Crippen molar-refractivity contribution in [2.75, 3.05) is 19.3 Å². The van der Waals surface area contributed by atoms with Gasteiger partial charge in [-0.1, -0.05) is 12.7 Å². The fraction of sp³-hybridized carbons (Fsp3) is 0.188. The Morgan fingerprint density at radius 1 is 1.43 bits per heavy atom. The van der Waals surface area contributed by atoms with Crippen LogP contribution in [0.1, 0.15) is 5.56 Å². The maximum absolute atomic E-state index is 4.60. The van der Waals surface area contributed by atoms with E-state index in [0.29, 0.717) is 0 Å². The third-order valence-electron chi connectivity index (χ3n) is 3.73. The Kier molecular flexibility index (Phi) is 3.36. The van der Waals surface area contributed by atoms with Crippen molar-refractivity contribution in [2.45, 2.75) is 4.90 Å². The topological polar surface area (TPSA) is 15.6 Å². The number of allylic oxidation sites excluding steroid dienone is 1. The lowest BCUT2D eigenvalue weighted by Crippen LogP contribution is -2.20. The Morgan fingerprint density at radius 3 is 3.14 bits per heavy atom. The highest BCUT2D eigenvalue weighted by Crippen LogP contribution is 2.45. The Bertz CT molecular complexity index is 801. The number of fused-ring (bicyclic) bond motifs is 2. The van der Waals surface area contributed by atoms with Crippen LogP contribution in [0.5, 0.6) is 0 Å². The van der Waals surface area contributed by atoms with E-state index in [1.165, 1.54) is 31.1 Å². The highest BCUT2D eigenvalue weighted by Gasteiger charge is 2.32. The first-order valence-electron chi connectivity index (χ1n) is 6.74. The fourth-order valence-electron chi connectivity index (χ4n) is 2.78. The van der Waals surface area contributed by atoms with Gasteiger partial charge in [-0.25, -0.2) is 0 Å². The van der Waals surface area contributed by atoms with Gasteiger partial charge < -0.3 is 4.90 Å². The molecule has 1 aromatic carbocycles. The maximum atomic E-state index is 4.60. The van der Waals surface area contributed by atoms with Gasteiger partial charge in [0.05, 0.1) is 12.2 Å². The van der Waals surface area contributed by atoms with E-state index in [0.717, 1.165) is 18.3 Å². The normalized spacial score (nSPS) is 17.6. The molecule has 2 aromatic rings. The first-order valence-corrected chi connectivity index (χ1v) is 9.66. The molecule has 0 amide bonds. The summed E-state index contributed by atoms with van der Waals surface area (Å²) in [6.45, 7) is 5.86. The van der Waals surface area contributed by atoms with Gasteiger partial charge in [0, 0.05) is 32.0 Å². The van der Waals surface area contributed by atoms with Crippen molar-refractivity contribution in [3.8, 4) is 0 Å². The van der Waals surface area contributed by atoms with Crippen molar-refractivity contribution < 1.29 is 0 Å². The van der Waals surface area contributed by atoms with Crippen LogP contribution in [0.15, 0.2) is 51.0 Å². The molecule has 4 rings (SSSR count). The van der Waals surface area contributed by atoms with Gasteiger partial charge in [0.25, 0.3) is 0 Å². The molecule has 0 unspecified atom stereocenters. The molecule has 106 valence electrons. The number of thioether (sulfide) groups is 2. The highest BCUT2D eigenvalue weighted by molar-refractivity contribution is 8.17. The number of thiophene rings is 1. The molecule has 0 spiro atoms. The van der Waals surface area contributed by atoms with Crippen LogP contribution in [0.3, 0.4) is 0 Å². The molecular weight excluding hydrogens is 316 g/mol. The van der Waals surface area contributed by atoms with Crippen LogP contribution in [-0.4, -0.2) is 29.4 Å². The van der Waals surface area contributed by atoms with Gasteiger partial charge >= 0.3 is 0 Å². The van der Waals surface area contributed by atoms with Crippen LogP contribution in [0, 0.1) is 0 Å². The molecule has 0 fully saturated rings. The third kappa shape index (κ3) is 2.06. The van der Waals surface area contributed by atoms with Crippen LogP contribution in [-0.2, 0) is 0 Å². The van der Waals surface area contributed by atoms with Crippen molar-refractivity contribution in [3.05, 3.63) is 46.7 Å². The first kappa shape index (κ1) is 13.5. The van der Waals surface area contributed by atoms with Crippen molar-refractivity contribution in [3.63, 3.8) is 0 Å². The van der Waals surface area contributed by atoms with E-state index in [9.17, 15) is 0 Å². The third-order valence-corrected chi connectivity index (χ3v) is 6.41. The summed E-state index contributed by atoms with van der Waals surface area (Å²) in [5.74, 6) is 0. The second-order valence-corrected chi connectivity index (χ2v) is 7.68. The van der Waals surface area contributed by atoms with Gasteiger partial charge in [0.15, 0.2) is 5.17 Å². The lowest BCUT2D eigenvalue weighted by molar-refractivity contribution is 0.649. The van der Waals surface area contributed by atoms with E-state index in [-0.39, 0.29) is 0 Å². The summed E-state index contributed by atoms with van der Waals surface area (Å²) in [6, 6.07) is 6.81. The van der Waals surface area contributed by atoms with Crippen LogP contribution < -0.4 is 0 Å². The van der Waals surface area contributed by atoms with E-state index < -0.39 is 0 Å². The van der Waals surface area contributed by atoms with E-state index in [4.69, 9.17) is 0 Å². The average Bonchev–Trinajstić information content (AvgIpc) is 3.20. The summed E-state index contributed by atoms with van der Waals surface area (Å²) in [5, 5.41) is 4.63. The number of aliphatic imine (C=N–C) groups is 1. The van der Waals surface area contributed by atoms with Crippen molar-refractivity contribution >= 4 is 55.8 Å². The zero-order chi connectivity index (χ0) is 14.4. The van der Waals surface area contributed by atoms with Crippen LogP contribution in [0.4, 0.5) is 0 Å². The molecule has 2 nitrogen and oxygen atoms in total. The predicted molar refractivity (Wildman–Crippen MR) is 97.3 cm³/mol. The minimum Gasteiger partial charge on any atom is -0.317 e. The van der Waals surface area contributed by atoms with E-state index in [2.05, 4.69) is 46.3 Å². The predicted octanol–water partition coefficient (Wildman–Crippen LogP) is 4.90. The van der Waals surface area contributed by atoms with Crippen LogP contribution in [0.25, 0.3) is 15.8 Å². The molecule has 0 saturated carbocycles. The summed E-state index contributed by atoms with van der Waals surface area (Å²) in [7, 11) is 0. The second kappa shape index (κ2) is 5.23. The molecular formula is C16H14N2S3. The molecule has 0 N–H and O–H groups in total. The molecule has 21 heavy (non-hydrogen) atoms. The van der Waals surface area contributed by atoms with Gasteiger partial charge in [-0.3, -0.25) is 4.99 Å². The molecule has 0 aliphatic carbocycles. The summed E-state index contributed by atoms with van der Waals surface area (Å²) in [5.41, 5.74) is 2.60. The molecule has 0 bridgehead atoms. The summed E-state index contributed by atoms with van der Waals surface area (Å²) < 4.78 is 1.35. The summed E-state index contributed by atoms with van der Waals surface area (Å²) >= 11 is 5.35. The Hall–Kier alpha value is -1.17. The molecule has 0 saturated heterocycles. The quantitative estimate of drug-likeness (QED) is 0.745. The van der Waals surface area contributed by atoms with Crippen molar-refractivity contribution in [1.29, 1.82) is 0 Å². The Balaban J connectivity index is 1.98. The zero-order valence-corrected chi connectivity index (χ0v) is 14.1. The fourth-order valence-corrected chi connectivity index (χ4v) is 5.22. The number of hydrogen-bond acceptors (Lipinski definition) is 5. The van der Waals surface area contributed by atoms with Gasteiger partial charge in [-0.15, -0.1) is 23.1 Å². The van der Waals surface area contributed by atoms with Crippen molar-refractivity contribution in [2.24, 2.45) is 4.99 Å². The number of hydrogen-bond donors (Lipinski definition) is 0. The number of benzene rings is 1.